The predicted octanol–water partition coefficient (Wildman–Crippen LogP) is 2.30. The van der Waals surface area contributed by atoms with Gasteiger partial charge in [0.05, 0.1) is 21.4 Å². The van der Waals surface area contributed by atoms with E-state index >= 15 is 0 Å². The molecule has 0 saturated carbocycles. The Morgan fingerprint density at radius 3 is 2.36 bits per heavy atom. The molecule has 0 amide bonds. The second kappa shape index (κ2) is 2.75. The Labute approximate surface area is 72.9 Å². The lowest BCUT2D eigenvalue weighted by atomic mass is 10.2. The van der Waals surface area contributed by atoms with E-state index in [1.807, 2.05) is 0 Å². The zero-order valence-corrected chi connectivity index (χ0v) is 6.88. The molecule has 0 spiro atoms. The molecule has 1 rings (SSSR count). The highest BCUT2D eigenvalue weighted by Crippen LogP contribution is 2.32. The summed E-state index contributed by atoms with van der Waals surface area (Å²) in [7, 11) is 0. The molecule has 0 heterocycles. The molecule has 1 aromatic carbocycles. The smallest absolute Gasteiger partial charge is 0.168 e. The summed E-state index contributed by atoms with van der Waals surface area (Å²) in [5.41, 5.74) is 10.4. The predicted molar refractivity (Wildman–Crippen MR) is 45.2 cm³/mol. The Morgan fingerprint density at radius 1 is 1.27 bits per heavy atom. The molecule has 5 heteroatoms. The van der Waals surface area contributed by atoms with Crippen LogP contribution >= 0.6 is 23.2 Å². The molecule has 0 aliphatic carbocycles. The van der Waals surface area contributed by atoms with Crippen LogP contribution in [0.25, 0.3) is 0 Å². The van der Waals surface area contributed by atoms with Crippen molar-refractivity contribution >= 4 is 34.6 Å². The van der Waals surface area contributed by atoms with Crippen molar-refractivity contribution in [3.05, 3.63) is 21.9 Å². The second-order valence-corrected chi connectivity index (χ2v) is 2.77. The summed E-state index contributed by atoms with van der Waals surface area (Å²) < 4.78 is 12.8. The molecular formula is C6H5Cl2FN2. The largest absolute Gasteiger partial charge is 0.397 e. The molecule has 0 radical (unpaired) electrons. The van der Waals surface area contributed by atoms with Gasteiger partial charge in [-0.25, -0.2) is 4.39 Å². The van der Waals surface area contributed by atoms with Gasteiger partial charge in [0.25, 0.3) is 0 Å². The van der Waals surface area contributed by atoms with Gasteiger partial charge < -0.3 is 11.5 Å². The molecule has 0 saturated heterocycles. The maximum atomic E-state index is 12.8. The number of nitrogen functional groups attached to an aromatic ring is 2. The number of rotatable bonds is 0. The van der Waals surface area contributed by atoms with Crippen LogP contribution in [0.3, 0.4) is 0 Å². The maximum Gasteiger partial charge on any atom is 0.168 e. The molecule has 0 bridgehead atoms. The van der Waals surface area contributed by atoms with Crippen LogP contribution in [0, 0.1) is 5.82 Å². The van der Waals surface area contributed by atoms with Crippen molar-refractivity contribution in [3.8, 4) is 0 Å². The number of hydrogen-bond acceptors (Lipinski definition) is 2. The first-order valence-electron chi connectivity index (χ1n) is 2.72. The topological polar surface area (TPSA) is 52.0 Å². The quantitative estimate of drug-likeness (QED) is 0.492. The summed E-state index contributed by atoms with van der Waals surface area (Å²) in [6.45, 7) is 0. The van der Waals surface area contributed by atoms with Crippen molar-refractivity contribution in [3.63, 3.8) is 0 Å². The van der Waals surface area contributed by atoms with E-state index in [9.17, 15) is 4.39 Å². The van der Waals surface area contributed by atoms with Crippen LogP contribution in [0.5, 0.6) is 0 Å². The Morgan fingerprint density at radius 2 is 1.82 bits per heavy atom. The molecule has 0 atom stereocenters. The van der Waals surface area contributed by atoms with Crippen LogP contribution in [-0.2, 0) is 0 Å². The summed E-state index contributed by atoms with van der Waals surface area (Å²) in [6, 6.07) is 1.31. The minimum atomic E-state index is -0.767. The van der Waals surface area contributed by atoms with Crippen LogP contribution < -0.4 is 11.5 Å². The van der Waals surface area contributed by atoms with Crippen molar-refractivity contribution in [2.24, 2.45) is 0 Å². The lowest BCUT2D eigenvalue weighted by Gasteiger charge is -2.03. The van der Waals surface area contributed by atoms with Gasteiger partial charge in [0, 0.05) is 0 Å². The second-order valence-electron chi connectivity index (χ2n) is 1.99. The van der Waals surface area contributed by atoms with Crippen LogP contribution in [0.1, 0.15) is 0 Å². The van der Waals surface area contributed by atoms with Crippen molar-refractivity contribution in [2.45, 2.75) is 0 Å². The van der Waals surface area contributed by atoms with E-state index in [1.165, 1.54) is 6.07 Å². The van der Waals surface area contributed by atoms with Gasteiger partial charge >= 0.3 is 0 Å². The Hall–Kier alpha value is -0.670. The Balaban J connectivity index is 3.46. The first kappa shape index (κ1) is 8.43. The van der Waals surface area contributed by atoms with Crippen molar-refractivity contribution in [1.29, 1.82) is 0 Å². The standard InChI is InChI=1S/C6H5Cl2FN2/c7-2-1-3(10)6(11)5(9)4(2)8/h1H,10-11H2. The number of halogens is 3. The van der Waals surface area contributed by atoms with Crippen LogP contribution in [-0.4, -0.2) is 0 Å². The Bertz CT molecular complexity index is 275. The number of hydrogen-bond donors (Lipinski definition) is 2. The van der Waals surface area contributed by atoms with Crippen molar-refractivity contribution < 1.29 is 4.39 Å². The number of nitrogens with two attached hydrogens (primary N) is 2. The van der Waals surface area contributed by atoms with E-state index in [1.54, 1.807) is 0 Å². The molecule has 0 fully saturated rings. The maximum absolute atomic E-state index is 12.8. The highest BCUT2D eigenvalue weighted by Gasteiger charge is 2.11. The number of anilines is 2. The monoisotopic (exact) mass is 194 g/mol. The first-order valence-corrected chi connectivity index (χ1v) is 3.48. The van der Waals surface area contributed by atoms with Crippen molar-refractivity contribution in [2.75, 3.05) is 11.5 Å². The molecule has 2 nitrogen and oxygen atoms in total. The molecule has 60 valence electrons. The molecule has 0 aliphatic heterocycles. The zero-order valence-electron chi connectivity index (χ0n) is 5.37. The first-order chi connectivity index (χ1) is 5.04. The molecule has 4 N–H and O–H groups in total. The molecule has 0 aromatic heterocycles. The minimum Gasteiger partial charge on any atom is -0.397 e. The highest BCUT2D eigenvalue weighted by atomic mass is 35.5. The van der Waals surface area contributed by atoms with Gasteiger partial charge in [-0.1, -0.05) is 23.2 Å². The summed E-state index contributed by atoms with van der Waals surface area (Å²) in [4.78, 5) is 0. The SMILES string of the molecule is Nc1cc(Cl)c(Cl)c(F)c1N. The lowest BCUT2D eigenvalue weighted by Crippen LogP contribution is -1.98. The van der Waals surface area contributed by atoms with E-state index in [2.05, 4.69) is 0 Å². The highest BCUT2D eigenvalue weighted by molar-refractivity contribution is 6.42. The van der Waals surface area contributed by atoms with Gasteiger partial charge in [0.2, 0.25) is 0 Å². The molecule has 11 heavy (non-hydrogen) atoms. The van der Waals surface area contributed by atoms with E-state index in [-0.39, 0.29) is 21.4 Å². The molecule has 0 unspecified atom stereocenters. The van der Waals surface area contributed by atoms with Crippen LogP contribution in [0.2, 0.25) is 10.0 Å². The van der Waals surface area contributed by atoms with E-state index in [0.717, 1.165) is 0 Å². The summed E-state index contributed by atoms with van der Waals surface area (Å²) in [6.07, 6.45) is 0. The van der Waals surface area contributed by atoms with Gasteiger partial charge in [0.15, 0.2) is 5.82 Å². The Kier molecular flexibility index (Phi) is 2.11. The summed E-state index contributed by atoms with van der Waals surface area (Å²) >= 11 is 10.9. The molecular weight excluding hydrogens is 190 g/mol. The van der Waals surface area contributed by atoms with Gasteiger partial charge in [-0.3, -0.25) is 0 Å². The van der Waals surface area contributed by atoms with Gasteiger partial charge in [-0.15, -0.1) is 0 Å². The van der Waals surface area contributed by atoms with E-state index < -0.39 is 5.82 Å². The van der Waals surface area contributed by atoms with Crippen LogP contribution in [0.15, 0.2) is 6.07 Å². The summed E-state index contributed by atoms with van der Waals surface area (Å²) in [5.74, 6) is -0.767. The fourth-order valence-corrected chi connectivity index (χ4v) is 0.984. The molecule has 0 aliphatic rings. The zero-order chi connectivity index (χ0) is 8.59. The minimum absolute atomic E-state index is 0.0656. The lowest BCUT2D eigenvalue weighted by molar-refractivity contribution is 0.633. The third-order valence-electron chi connectivity index (χ3n) is 1.23. The molecule has 1 aromatic rings. The third kappa shape index (κ3) is 1.34. The average Bonchev–Trinajstić information content (AvgIpc) is 1.97. The number of benzene rings is 1. The fourth-order valence-electron chi connectivity index (χ4n) is 0.627. The fraction of sp³-hybridized carbons (Fsp3) is 0. The van der Waals surface area contributed by atoms with E-state index in [0.29, 0.717) is 0 Å². The third-order valence-corrected chi connectivity index (χ3v) is 2.00. The van der Waals surface area contributed by atoms with Gasteiger partial charge in [0.1, 0.15) is 0 Å². The van der Waals surface area contributed by atoms with Gasteiger partial charge in [-0.05, 0) is 6.07 Å². The average molecular weight is 195 g/mol. The van der Waals surface area contributed by atoms with Crippen molar-refractivity contribution in [1.82, 2.24) is 0 Å². The summed E-state index contributed by atoms with van der Waals surface area (Å²) in [5, 5.41) is -0.130. The normalized spacial score (nSPS) is 10.1. The van der Waals surface area contributed by atoms with Gasteiger partial charge in [-0.2, -0.15) is 0 Å². The van der Waals surface area contributed by atoms with Crippen LogP contribution in [0.4, 0.5) is 15.8 Å². The van der Waals surface area contributed by atoms with E-state index in [4.69, 9.17) is 34.7 Å².